The number of halogens is 1. The van der Waals surface area contributed by atoms with E-state index in [0.29, 0.717) is 10.7 Å². The van der Waals surface area contributed by atoms with E-state index in [4.69, 9.17) is 17.3 Å². The maximum atomic E-state index is 5.61. The number of hydrogen-bond donors (Lipinski definition) is 2. The van der Waals surface area contributed by atoms with E-state index < -0.39 is 0 Å². The van der Waals surface area contributed by atoms with Crippen LogP contribution in [0.2, 0.25) is 5.02 Å². The molecule has 48 valence electrons. The van der Waals surface area contributed by atoms with Gasteiger partial charge in [-0.15, -0.1) is 0 Å². The van der Waals surface area contributed by atoms with Gasteiger partial charge in [-0.1, -0.05) is 11.6 Å². The summed E-state index contributed by atoms with van der Waals surface area (Å²) in [5.41, 5.74) is 10.6. The fraction of sp³-hybridized carbons (Fsp3) is 0. The molecule has 0 saturated heterocycles. The number of hydrogen-bond acceptors (Lipinski definition) is 1. The molecule has 0 aliphatic rings. The molecule has 3 heteroatoms. The normalized spacial score (nSPS) is 9.56. The number of quaternary nitrogens is 1. The van der Waals surface area contributed by atoms with Gasteiger partial charge in [0.15, 0.2) is 5.69 Å². The van der Waals surface area contributed by atoms with Crippen LogP contribution in [0.5, 0.6) is 0 Å². The molecule has 1 aromatic rings. The van der Waals surface area contributed by atoms with Gasteiger partial charge in [0.25, 0.3) is 0 Å². The highest BCUT2D eigenvalue weighted by molar-refractivity contribution is 6.30. The minimum atomic E-state index is 0.641. The van der Waals surface area contributed by atoms with Crippen molar-refractivity contribution in [2.45, 2.75) is 0 Å². The second-order valence-corrected chi connectivity index (χ2v) is 2.28. The first kappa shape index (κ1) is 6.39. The Balaban J connectivity index is 3.17. The predicted molar refractivity (Wildman–Crippen MR) is 38.4 cm³/mol. The lowest BCUT2D eigenvalue weighted by Crippen LogP contribution is -2.40. The van der Waals surface area contributed by atoms with E-state index in [-0.39, 0.29) is 0 Å². The third-order valence-electron chi connectivity index (χ3n) is 1.11. The van der Waals surface area contributed by atoms with Gasteiger partial charge in [0.1, 0.15) is 0 Å². The first-order chi connectivity index (χ1) is 4.20. The average molecular weight is 144 g/mol. The minimum absolute atomic E-state index is 0.641. The molecule has 0 heterocycles. The summed E-state index contributed by atoms with van der Waals surface area (Å²) in [6.45, 7) is 0. The van der Waals surface area contributed by atoms with Crippen LogP contribution in [0.25, 0.3) is 0 Å². The summed E-state index contributed by atoms with van der Waals surface area (Å²) in [5, 5.41) is 0.653. The lowest BCUT2D eigenvalue weighted by atomic mass is 10.3. The van der Waals surface area contributed by atoms with Gasteiger partial charge in [0, 0.05) is 11.1 Å². The van der Waals surface area contributed by atoms with Crippen LogP contribution in [-0.4, -0.2) is 0 Å². The molecule has 0 aliphatic carbocycles. The highest BCUT2D eigenvalue weighted by Gasteiger charge is 1.95. The van der Waals surface area contributed by atoms with E-state index in [2.05, 4.69) is 5.73 Å². The molecule has 1 rings (SSSR count). The van der Waals surface area contributed by atoms with Gasteiger partial charge in [-0.2, -0.15) is 0 Å². The molecule has 0 atom stereocenters. The smallest absolute Gasteiger partial charge is 0.151 e. The molecule has 0 unspecified atom stereocenters. The van der Waals surface area contributed by atoms with Crippen LogP contribution in [0, 0.1) is 0 Å². The molecule has 0 spiro atoms. The van der Waals surface area contributed by atoms with Crippen molar-refractivity contribution in [2.75, 3.05) is 5.73 Å². The molecular weight excluding hydrogens is 136 g/mol. The zero-order chi connectivity index (χ0) is 6.85. The van der Waals surface area contributed by atoms with Crippen LogP contribution in [0.15, 0.2) is 18.2 Å². The molecule has 0 bridgehead atoms. The van der Waals surface area contributed by atoms with E-state index in [1.807, 2.05) is 0 Å². The van der Waals surface area contributed by atoms with Gasteiger partial charge in [-0.3, -0.25) is 0 Å². The monoisotopic (exact) mass is 143 g/mol. The van der Waals surface area contributed by atoms with E-state index >= 15 is 0 Å². The highest BCUT2D eigenvalue weighted by Crippen LogP contribution is 2.17. The van der Waals surface area contributed by atoms with Crippen molar-refractivity contribution >= 4 is 23.0 Å². The van der Waals surface area contributed by atoms with Crippen molar-refractivity contribution in [1.82, 2.24) is 0 Å². The van der Waals surface area contributed by atoms with Crippen molar-refractivity contribution in [3.63, 3.8) is 0 Å². The predicted octanol–water partition coefficient (Wildman–Crippen LogP) is 0.796. The van der Waals surface area contributed by atoms with Crippen LogP contribution in [0.1, 0.15) is 0 Å². The Kier molecular flexibility index (Phi) is 1.60. The second kappa shape index (κ2) is 2.25. The Labute approximate surface area is 58.4 Å². The van der Waals surface area contributed by atoms with Crippen LogP contribution in [0.4, 0.5) is 11.4 Å². The van der Waals surface area contributed by atoms with E-state index in [9.17, 15) is 0 Å². The fourth-order valence-corrected chi connectivity index (χ4v) is 0.746. The number of benzene rings is 1. The molecule has 9 heavy (non-hydrogen) atoms. The molecule has 0 radical (unpaired) electrons. The zero-order valence-corrected chi connectivity index (χ0v) is 5.65. The van der Waals surface area contributed by atoms with Gasteiger partial charge in [0.2, 0.25) is 0 Å². The average Bonchev–Trinajstić information content (AvgIpc) is 1.80. The topological polar surface area (TPSA) is 53.7 Å². The molecule has 0 fully saturated rings. The second-order valence-electron chi connectivity index (χ2n) is 1.84. The quantitative estimate of drug-likeness (QED) is 0.519. The third kappa shape index (κ3) is 1.34. The lowest BCUT2D eigenvalue weighted by molar-refractivity contribution is -0.253. The summed E-state index contributed by atoms with van der Waals surface area (Å²) in [4.78, 5) is 0. The number of anilines is 1. The molecule has 1 aromatic carbocycles. The molecule has 0 saturated carbocycles. The van der Waals surface area contributed by atoms with E-state index in [1.54, 1.807) is 18.2 Å². The van der Waals surface area contributed by atoms with Crippen LogP contribution >= 0.6 is 11.6 Å². The standard InChI is InChI=1S/C6H7ClN2/c7-4-1-2-5(8)6(9)3-4/h1-3H,8-9H2/p+1. The Morgan fingerprint density at radius 2 is 2.11 bits per heavy atom. The number of nitrogen functional groups attached to an aromatic ring is 1. The first-order valence-corrected chi connectivity index (χ1v) is 2.95. The zero-order valence-electron chi connectivity index (χ0n) is 4.89. The van der Waals surface area contributed by atoms with Crippen molar-refractivity contribution in [2.24, 2.45) is 0 Å². The molecule has 0 aromatic heterocycles. The Morgan fingerprint density at radius 1 is 1.44 bits per heavy atom. The summed E-state index contributed by atoms with van der Waals surface area (Å²) in [7, 11) is 0. The van der Waals surface area contributed by atoms with Crippen LogP contribution in [0.3, 0.4) is 0 Å². The molecule has 2 nitrogen and oxygen atoms in total. The first-order valence-electron chi connectivity index (χ1n) is 2.57. The summed E-state index contributed by atoms with van der Waals surface area (Å²) in [6.07, 6.45) is 0. The van der Waals surface area contributed by atoms with Crippen molar-refractivity contribution in [1.29, 1.82) is 0 Å². The number of rotatable bonds is 0. The van der Waals surface area contributed by atoms with Gasteiger partial charge in [-0.05, 0) is 12.1 Å². The summed E-state index contributed by atoms with van der Waals surface area (Å²) < 4.78 is 0. The molecule has 0 amide bonds. The largest absolute Gasteiger partial charge is 0.394 e. The minimum Gasteiger partial charge on any atom is -0.394 e. The third-order valence-corrected chi connectivity index (χ3v) is 1.34. The summed E-state index contributed by atoms with van der Waals surface area (Å²) in [6, 6.07) is 5.24. The highest BCUT2D eigenvalue weighted by atomic mass is 35.5. The molecule has 0 aliphatic heterocycles. The van der Waals surface area contributed by atoms with Crippen molar-refractivity contribution < 1.29 is 5.73 Å². The van der Waals surface area contributed by atoms with Gasteiger partial charge >= 0.3 is 0 Å². The van der Waals surface area contributed by atoms with E-state index in [1.165, 1.54) is 0 Å². The Morgan fingerprint density at radius 3 is 2.56 bits per heavy atom. The van der Waals surface area contributed by atoms with Gasteiger partial charge < -0.3 is 11.5 Å². The van der Waals surface area contributed by atoms with Crippen LogP contribution < -0.4 is 11.5 Å². The molecule has 5 N–H and O–H groups in total. The van der Waals surface area contributed by atoms with Crippen molar-refractivity contribution in [3.05, 3.63) is 23.2 Å². The fourth-order valence-electron chi connectivity index (χ4n) is 0.566. The van der Waals surface area contributed by atoms with Crippen LogP contribution in [-0.2, 0) is 0 Å². The number of nitrogens with two attached hydrogens (primary N) is 1. The molecular formula is C6H8ClN2+. The maximum absolute atomic E-state index is 5.61. The lowest BCUT2D eigenvalue weighted by Gasteiger charge is -1.93. The van der Waals surface area contributed by atoms with Crippen molar-refractivity contribution in [3.8, 4) is 0 Å². The van der Waals surface area contributed by atoms with E-state index in [0.717, 1.165) is 5.69 Å². The SMILES string of the molecule is Nc1cc(Cl)ccc1[NH3+]. The Hall–Kier alpha value is -0.730. The summed E-state index contributed by atoms with van der Waals surface area (Å²) in [5.74, 6) is 0. The summed E-state index contributed by atoms with van der Waals surface area (Å²) >= 11 is 5.61. The van der Waals surface area contributed by atoms with Gasteiger partial charge in [-0.25, -0.2) is 0 Å². The Bertz CT molecular complexity index is 222. The maximum Gasteiger partial charge on any atom is 0.151 e. The van der Waals surface area contributed by atoms with Gasteiger partial charge in [0.05, 0.1) is 5.69 Å².